The molecule has 0 aromatic carbocycles. The number of hydrogen-bond acceptors (Lipinski definition) is 3. The first kappa shape index (κ1) is 10.2. The van der Waals surface area contributed by atoms with Crippen LogP contribution in [0.3, 0.4) is 0 Å². The number of carbonyl (C=O) groups excluding carboxylic acids is 2. The lowest BCUT2D eigenvalue weighted by Gasteiger charge is -2.03. The molecule has 0 aromatic heterocycles. The van der Waals surface area contributed by atoms with E-state index in [4.69, 9.17) is 5.73 Å². The molecular weight excluding hydrogens is 162 g/mol. The van der Waals surface area contributed by atoms with Crippen LogP contribution in [0, 0.1) is 0 Å². The lowest BCUT2D eigenvalue weighted by Crippen LogP contribution is -2.45. The summed E-state index contributed by atoms with van der Waals surface area (Å²) in [5.41, 5.74) is 11.7. The molecule has 0 fully saturated rings. The van der Waals surface area contributed by atoms with Crippen molar-refractivity contribution in [3.63, 3.8) is 0 Å². The minimum atomic E-state index is -0.345. The van der Waals surface area contributed by atoms with Crippen molar-refractivity contribution < 1.29 is 9.59 Å². The largest absolute Gasteiger partial charge is 0.367 e. The van der Waals surface area contributed by atoms with Gasteiger partial charge in [0.1, 0.15) is 0 Å². The van der Waals surface area contributed by atoms with E-state index in [0.29, 0.717) is 0 Å². The molecule has 0 unspecified atom stereocenters. The minimum absolute atomic E-state index is 0.0969. The van der Waals surface area contributed by atoms with Crippen molar-refractivity contribution in [2.45, 2.75) is 13.8 Å². The van der Waals surface area contributed by atoms with Crippen LogP contribution in [0.15, 0.2) is 5.10 Å². The standard InChI is InChI=1S/C5H11N5O2/c1-3(11)7-9-5(6)10-8-4(2)12/h1-2H3,(H,7,11)(H,8,12)(H3,6,9,10). The van der Waals surface area contributed by atoms with Gasteiger partial charge in [-0.3, -0.25) is 20.4 Å². The Morgan fingerprint density at radius 2 is 1.75 bits per heavy atom. The number of amides is 2. The number of rotatable bonds is 1. The van der Waals surface area contributed by atoms with E-state index >= 15 is 0 Å². The van der Waals surface area contributed by atoms with Crippen LogP contribution in [0.4, 0.5) is 0 Å². The second-order valence-electron chi connectivity index (χ2n) is 1.97. The first-order valence-electron chi connectivity index (χ1n) is 3.14. The smallest absolute Gasteiger partial charge is 0.237 e. The Kier molecular flexibility index (Phi) is 4.20. The van der Waals surface area contributed by atoms with Gasteiger partial charge in [-0.05, 0) is 0 Å². The molecule has 68 valence electrons. The maximum absolute atomic E-state index is 10.3. The Bertz CT molecular complexity index is 212. The molecule has 0 aliphatic carbocycles. The number of nitrogens with zero attached hydrogens (tertiary/aromatic N) is 1. The van der Waals surface area contributed by atoms with E-state index in [1.807, 2.05) is 0 Å². The average Bonchev–Trinajstić information content (AvgIpc) is 1.96. The zero-order chi connectivity index (χ0) is 9.56. The second-order valence-corrected chi connectivity index (χ2v) is 1.97. The maximum Gasteiger partial charge on any atom is 0.237 e. The van der Waals surface area contributed by atoms with Gasteiger partial charge in [-0.25, -0.2) is 5.43 Å². The van der Waals surface area contributed by atoms with Crippen molar-refractivity contribution in [2.75, 3.05) is 0 Å². The van der Waals surface area contributed by atoms with E-state index in [-0.39, 0.29) is 17.8 Å². The molecule has 0 spiro atoms. The van der Waals surface area contributed by atoms with Gasteiger partial charge in [0, 0.05) is 13.8 Å². The van der Waals surface area contributed by atoms with Gasteiger partial charge in [0.15, 0.2) is 0 Å². The summed E-state index contributed by atoms with van der Waals surface area (Å²) < 4.78 is 0. The molecule has 0 aliphatic heterocycles. The molecule has 0 aliphatic rings. The highest BCUT2D eigenvalue weighted by Gasteiger charge is 1.92. The SMILES string of the molecule is CC(=O)NN=C(N)NNC(C)=O. The quantitative estimate of drug-likeness (QED) is 0.209. The Hall–Kier alpha value is -1.79. The van der Waals surface area contributed by atoms with Crippen molar-refractivity contribution in [3.05, 3.63) is 0 Å². The highest BCUT2D eigenvalue weighted by Crippen LogP contribution is 1.61. The molecule has 0 aromatic rings. The molecule has 0 saturated carbocycles. The summed E-state index contributed by atoms with van der Waals surface area (Å²) in [5, 5.41) is 3.36. The third-order valence-electron chi connectivity index (χ3n) is 0.700. The topological polar surface area (TPSA) is 109 Å². The zero-order valence-electron chi connectivity index (χ0n) is 6.84. The van der Waals surface area contributed by atoms with E-state index < -0.39 is 0 Å². The van der Waals surface area contributed by atoms with Crippen molar-refractivity contribution >= 4 is 17.8 Å². The molecule has 7 nitrogen and oxygen atoms in total. The van der Waals surface area contributed by atoms with Crippen LogP contribution in [-0.4, -0.2) is 17.8 Å². The number of nitrogens with two attached hydrogens (primary N) is 1. The highest BCUT2D eigenvalue weighted by atomic mass is 16.2. The van der Waals surface area contributed by atoms with Gasteiger partial charge < -0.3 is 5.73 Å². The first-order valence-corrected chi connectivity index (χ1v) is 3.14. The summed E-state index contributed by atoms with van der Waals surface area (Å²) in [6, 6.07) is 0. The number of carbonyl (C=O) groups is 2. The molecule has 0 heterocycles. The summed E-state index contributed by atoms with van der Waals surface area (Å²) >= 11 is 0. The first-order chi connectivity index (χ1) is 5.52. The van der Waals surface area contributed by atoms with Crippen molar-refractivity contribution in [1.82, 2.24) is 16.3 Å². The van der Waals surface area contributed by atoms with E-state index in [2.05, 4.69) is 21.4 Å². The molecule has 0 rings (SSSR count). The summed E-state index contributed by atoms with van der Waals surface area (Å²) in [6.45, 7) is 2.59. The lowest BCUT2D eigenvalue weighted by molar-refractivity contribution is -0.119. The van der Waals surface area contributed by atoms with E-state index in [1.165, 1.54) is 13.8 Å². The van der Waals surface area contributed by atoms with Gasteiger partial charge in [0.2, 0.25) is 17.8 Å². The fraction of sp³-hybridized carbons (Fsp3) is 0.400. The van der Waals surface area contributed by atoms with Crippen LogP contribution in [0.25, 0.3) is 0 Å². The van der Waals surface area contributed by atoms with E-state index in [1.54, 1.807) is 0 Å². The monoisotopic (exact) mass is 173 g/mol. The Labute approximate surface area is 69.3 Å². The molecular formula is C5H11N5O2. The van der Waals surface area contributed by atoms with Crippen molar-refractivity contribution in [2.24, 2.45) is 10.8 Å². The number of hydrazine groups is 1. The van der Waals surface area contributed by atoms with Gasteiger partial charge in [0.05, 0.1) is 0 Å². The number of nitrogens with one attached hydrogen (secondary N) is 3. The third kappa shape index (κ3) is 6.33. The fourth-order valence-electron chi connectivity index (χ4n) is 0.319. The number of hydrogen-bond donors (Lipinski definition) is 4. The molecule has 0 saturated heterocycles. The normalized spacial score (nSPS) is 10.3. The third-order valence-corrected chi connectivity index (χ3v) is 0.700. The van der Waals surface area contributed by atoms with Crippen LogP contribution in [0.1, 0.15) is 13.8 Å². The predicted octanol–water partition coefficient (Wildman–Crippen LogP) is -2.01. The molecule has 0 bridgehead atoms. The van der Waals surface area contributed by atoms with Crippen molar-refractivity contribution in [3.8, 4) is 0 Å². The molecule has 5 N–H and O–H groups in total. The van der Waals surface area contributed by atoms with Gasteiger partial charge >= 0.3 is 0 Å². The van der Waals surface area contributed by atoms with E-state index in [0.717, 1.165) is 0 Å². The Morgan fingerprint density at radius 1 is 1.17 bits per heavy atom. The van der Waals surface area contributed by atoms with Crippen molar-refractivity contribution in [1.29, 1.82) is 0 Å². The second kappa shape index (κ2) is 4.94. The minimum Gasteiger partial charge on any atom is -0.367 e. The summed E-state index contributed by atoms with van der Waals surface area (Å²) in [6.07, 6.45) is 0. The maximum atomic E-state index is 10.3. The molecule has 7 heteroatoms. The molecule has 12 heavy (non-hydrogen) atoms. The summed E-state index contributed by atoms with van der Waals surface area (Å²) in [4.78, 5) is 20.6. The van der Waals surface area contributed by atoms with Crippen LogP contribution in [-0.2, 0) is 9.59 Å². The predicted molar refractivity (Wildman–Crippen MR) is 42.4 cm³/mol. The summed E-state index contributed by atoms with van der Waals surface area (Å²) in [5.74, 6) is -0.751. The highest BCUT2D eigenvalue weighted by molar-refractivity contribution is 5.83. The fourth-order valence-corrected chi connectivity index (χ4v) is 0.319. The van der Waals surface area contributed by atoms with Gasteiger partial charge in [-0.2, -0.15) is 0 Å². The van der Waals surface area contributed by atoms with Crippen LogP contribution in [0.5, 0.6) is 0 Å². The van der Waals surface area contributed by atoms with E-state index in [9.17, 15) is 9.59 Å². The molecule has 2 amide bonds. The summed E-state index contributed by atoms with van der Waals surface area (Å²) in [7, 11) is 0. The Morgan fingerprint density at radius 3 is 2.17 bits per heavy atom. The molecule has 0 radical (unpaired) electrons. The number of hydrazone groups is 1. The molecule has 0 atom stereocenters. The lowest BCUT2D eigenvalue weighted by atomic mass is 10.7. The van der Waals surface area contributed by atoms with Gasteiger partial charge in [0.25, 0.3) is 0 Å². The number of guanidine groups is 1. The van der Waals surface area contributed by atoms with Gasteiger partial charge in [-0.15, -0.1) is 5.10 Å². The van der Waals surface area contributed by atoms with Crippen LogP contribution in [0.2, 0.25) is 0 Å². The van der Waals surface area contributed by atoms with Crippen LogP contribution >= 0.6 is 0 Å². The Balaban J connectivity index is 3.70. The zero-order valence-corrected chi connectivity index (χ0v) is 6.84. The van der Waals surface area contributed by atoms with Gasteiger partial charge in [-0.1, -0.05) is 0 Å². The average molecular weight is 173 g/mol. The van der Waals surface area contributed by atoms with Crippen LogP contribution < -0.4 is 22.0 Å².